The van der Waals surface area contributed by atoms with E-state index in [1.807, 2.05) is 4.90 Å². The zero-order valence-corrected chi connectivity index (χ0v) is 22.6. The van der Waals surface area contributed by atoms with Gasteiger partial charge in [-0.2, -0.15) is 0 Å². The summed E-state index contributed by atoms with van der Waals surface area (Å²) < 4.78 is 6.31. The van der Waals surface area contributed by atoms with Gasteiger partial charge in [0.05, 0.1) is 12.2 Å². The third-order valence-corrected chi connectivity index (χ3v) is 11.9. The van der Waals surface area contributed by atoms with E-state index in [1.54, 1.807) is 5.57 Å². The van der Waals surface area contributed by atoms with Gasteiger partial charge in [-0.25, -0.2) is 0 Å². The first-order chi connectivity index (χ1) is 16.6. The lowest BCUT2D eigenvalue weighted by Gasteiger charge is -2.58. The van der Waals surface area contributed by atoms with Crippen LogP contribution in [0.5, 0.6) is 0 Å². The number of aliphatic hydroxyl groups excluding tert-OH is 2. The van der Waals surface area contributed by atoms with E-state index >= 15 is 0 Å². The molecule has 4 aliphatic carbocycles. The standard InChI is InChI=1S/C30H49NO4/c1-20(35-18-27(34)31-15-13-28(2,19-32)14-16-31)24-7-8-25-23-6-5-21-17-22(33)9-11-29(21,3)26(23)10-12-30(24,25)4/h5,20,22-26,32-33H,6-19H2,1-4H3/t20?,22-,23-,24+,25-,26-,29-,30+/m0/s1. The Hall–Kier alpha value is -0.910. The third kappa shape index (κ3) is 4.42. The number of hydrogen-bond acceptors (Lipinski definition) is 4. The number of likely N-dealkylation sites (tertiary alicyclic amines) is 1. The van der Waals surface area contributed by atoms with Crippen molar-refractivity contribution in [3.63, 3.8) is 0 Å². The molecule has 2 N–H and O–H groups in total. The summed E-state index contributed by atoms with van der Waals surface area (Å²) >= 11 is 0. The fourth-order valence-electron chi connectivity index (χ4n) is 9.32. The zero-order valence-electron chi connectivity index (χ0n) is 22.6. The number of fused-ring (bicyclic) bond motifs is 5. The van der Waals surface area contributed by atoms with Crippen LogP contribution in [-0.4, -0.2) is 59.5 Å². The maximum absolute atomic E-state index is 12.9. The Morgan fingerprint density at radius 1 is 1.09 bits per heavy atom. The van der Waals surface area contributed by atoms with Crippen molar-refractivity contribution in [1.82, 2.24) is 4.90 Å². The van der Waals surface area contributed by atoms with E-state index in [4.69, 9.17) is 4.74 Å². The zero-order chi connectivity index (χ0) is 25.0. The first-order valence-corrected chi connectivity index (χ1v) is 14.5. The molecule has 0 aromatic heterocycles. The molecule has 0 aromatic carbocycles. The molecule has 1 heterocycles. The van der Waals surface area contributed by atoms with Crippen LogP contribution in [0.3, 0.4) is 0 Å². The lowest BCUT2D eigenvalue weighted by Crippen LogP contribution is -2.51. The summed E-state index contributed by atoms with van der Waals surface area (Å²) in [6, 6.07) is 0. The van der Waals surface area contributed by atoms with Crippen molar-refractivity contribution in [3.8, 4) is 0 Å². The third-order valence-electron chi connectivity index (χ3n) is 11.9. The van der Waals surface area contributed by atoms with Gasteiger partial charge in [0.25, 0.3) is 0 Å². The van der Waals surface area contributed by atoms with Crippen LogP contribution in [0.15, 0.2) is 11.6 Å². The van der Waals surface area contributed by atoms with E-state index in [1.165, 1.54) is 32.1 Å². The molecule has 1 saturated heterocycles. The molecule has 5 rings (SSSR count). The molecule has 1 amide bonds. The first-order valence-electron chi connectivity index (χ1n) is 14.5. The molecule has 198 valence electrons. The number of carbonyl (C=O) groups is 1. The molecule has 0 spiro atoms. The molecule has 5 heteroatoms. The highest BCUT2D eigenvalue weighted by atomic mass is 16.5. The van der Waals surface area contributed by atoms with Crippen LogP contribution in [-0.2, 0) is 9.53 Å². The average Bonchev–Trinajstić information content (AvgIpc) is 3.20. The maximum Gasteiger partial charge on any atom is 0.248 e. The molecule has 4 fully saturated rings. The Morgan fingerprint density at radius 2 is 1.83 bits per heavy atom. The minimum Gasteiger partial charge on any atom is -0.396 e. The number of piperidine rings is 1. The summed E-state index contributed by atoms with van der Waals surface area (Å²) in [5, 5.41) is 19.9. The lowest BCUT2D eigenvalue weighted by molar-refractivity contribution is -0.144. The number of rotatable bonds is 5. The number of amides is 1. The minimum absolute atomic E-state index is 0.0409. The van der Waals surface area contributed by atoms with Gasteiger partial charge >= 0.3 is 0 Å². The van der Waals surface area contributed by atoms with E-state index in [2.05, 4.69) is 33.8 Å². The molecule has 8 atom stereocenters. The SMILES string of the molecule is CC(OCC(=O)N1CCC(C)(CO)CC1)[C@H]1CC[C@H]2[C@@H]3CC=C4C[C@@H](O)CC[C@]4(C)[C@H]3CC[C@]12C. The molecule has 1 aliphatic heterocycles. The van der Waals surface area contributed by atoms with Gasteiger partial charge in [-0.1, -0.05) is 32.4 Å². The van der Waals surface area contributed by atoms with Gasteiger partial charge < -0.3 is 19.8 Å². The monoisotopic (exact) mass is 487 g/mol. The van der Waals surface area contributed by atoms with Crippen molar-refractivity contribution in [2.45, 2.75) is 104 Å². The van der Waals surface area contributed by atoms with Gasteiger partial charge in [0.1, 0.15) is 6.61 Å². The summed E-state index contributed by atoms with van der Waals surface area (Å²) in [6.45, 7) is 11.2. The highest BCUT2D eigenvalue weighted by molar-refractivity contribution is 5.77. The molecule has 0 bridgehead atoms. The van der Waals surface area contributed by atoms with Crippen molar-refractivity contribution in [3.05, 3.63) is 11.6 Å². The lowest BCUT2D eigenvalue weighted by atomic mass is 9.47. The number of hydrogen-bond donors (Lipinski definition) is 2. The Morgan fingerprint density at radius 3 is 2.54 bits per heavy atom. The topological polar surface area (TPSA) is 70.0 Å². The van der Waals surface area contributed by atoms with Crippen LogP contribution in [0, 0.1) is 39.9 Å². The second-order valence-corrected chi connectivity index (χ2v) is 13.8. The van der Waals surface area contributed by atoms with E-state index in [9.17, 15) is 15.0 Å². The van der Waals surface area contributed by atoms with Crippen LogP contribution in [0.2, 0.25) is 0 Å². The molecular formula is C30H49NO4. The van der Waals surface area contributed by atoms with Crippen LogP contribution in [0.4, 0.5) is 0 Å². The number of aliphatic hydroxyl groups is 2. The molecule has 3 saturated carbocycles. The van der Waals surface area contributed by atoms with Gasteiger partial charge in [0.2, 0.25) is 5.91 Å². The quantitative estimate of drug-likeness (QED) is 0.538. The van der Waals surface area contributed by atoms with Gasteiger partial charge in [0.15, 0.2) is 0 Å². The van der Waals surface area contributed by atoms with Crippen LogP contribution in [0.25, 0.3) is 0 Å². The fourth-order valence-corrected chi connectivity index (χ4v) is 9.32. The Bertz CT molecular complexity index is 832. The van der Waals surface area contributed by atoms with Gasteiger partial charge in [-0.3, -0.25) is 4.79 Å². The number of nitrogens with zero attached hydrogens (tertiary/aromatic N) is 1. The van der Waals surface area contributed by atoms with Crippen LogP contribution in [0.1, 0.15) is 91.9 Å². The molecule has 5 aliphatic rings. The van der Waals surface area contributed by atoms with Crippen molar-refractivity contribution >= 4 is 5.91 Å². The predicted octanol–water partition coefficient (Wildman–Crippen LogP) is 4.95. The minimum atomic E-state index is -0.138. The largest absolute Gasteiger partial charge is 0.396 e. The van der Waals surface area contributed by atoms with E-state index in [-0.39, 0.29) is 42.2 Å². The van der Waals surface area contributed by atoms with Crippen molar-refractivity contribution in [2.75, 3.05) is 26.3 Å². The van der Waals surface area contributed by atoms with Crippen molar-refractivity contribution in [1.29, 1.82) is 0 Å². The fraction of sp³-hybridized carbons (Fsp3) is 0.900. The van der Waals surface area contributed by atoms with Gasteiger partial charge in [-0.15, -0.1) is 0 Å². The van der Waals surface area contributed by atoms with Gasteiger partial charge in [0, 0.05) is 19.7 Å². The summed E-state index contributed by atoms with van der Waals surface area (Å²) in [7, 11) is 0. The van der Waals surface area contributed by atoms with Crippen LogP contribution < -0.4 is 0 Å². The average molecular weight is 488 g/mol. The Balaban J connectivity index is 1.20. The van der Waals surface area contributed by atoms with Crippen molar-refractivity contribution < 1.29 is 19.7 Å². The highest BCUT2D eigenvalue weighted by Gasteiger charge is 2.59. The van der Waals surface area contributed by atoms with Crippen molar-refractivity contribution in [2.24, 2.45) is 39.9 Å². The molecule has 5 nitrogen and oxygen atoms in total. The van der Waals surface area contributed by atoms with E-state index in [0.717, 1.165) is 62.9 Å². The summed E-state index contributed by atoms with van der Waals surface area (Å²) in [6.07, 6.45) is 13.4. The summed E-state index contributed by atoms with van der Waals surface area (Å²) in [5.41, 5.74) is 2.09. The molecule has 0 radical (unpaired) electrons. The molecule has 0 aromatic rings. The maximum atomic E-state index is 12.9. The Labute approximate surface area is 212 Å². The Kier molecular flexibility index (Phi) is 6.94. The summed E-state index contributed by atoms with van der Waals surface area (Å²) in [5.74, 6) is 2.89. The first kappa shape index (κ1) is 25.7. The predicted molar refractivity (Wildman–Crippen MR) is 138 cm³/mol. The number of ether oxygens (including phenoxy) is 1. The number of carbonyl (C=O) groups excluding carboxylic acids is 1. The molecule has 1 unspecified atom stereocenters. The van der Waals surface area contributed by atoms with E-state index < -0.39 is 0 Å². The molecular weight excluding hydrogens is 438 g/mol. The van der Waals surface area contributed by atoms with E-state index in [0.29, 0.717) is 11.3 Å². The van der Waals surface area contributed by atoms with Crippen LogP contribution >= 0.6 is 0 Å². The second-order valence-electron chi connectivity index (χ2n) is 13.8. The smallest absolute Gasteiger partial charge is 0.248 e. The second kappa shape index (κ2) is 9.44. The normalized spacial score (nSPS) is 43.5. The highest BCUT2D eigenvalue weighted by Crippen LogP contribution is 2.66. The van der Waals surface area contributed by atoms with Gasteiger partial charge in [-0.05, 0) is 111 Å². The number of allylic oxidation sites excluding steroid dienone is 1. The summed E-state index contributed by atoms with van der Waals surface area (Å²) in [4.78, 5) is 14.8. The molecule has 35 heavy (non-hydrogen) atoms.